The van der Waals surface area contributed by atoms with Gasteiger partial charge in [0.15, 0.2) is 0 Å². The van der Waals surface area contributed by atoms with E-state index in [0.717, 1.165) is 22.2 Å². The molecule has 2 amide bonds. The van der Waals surface area contributed by atoms with Crippen LogP contribution in [0.4, 0.5) is 14.5 Å². The van der Waals surface area contributed by atoms with Crippen molar-refractivity contribution in [3.8, 4) is 5.69 Å². The zero-order chi connectivity index (χ0) is 23.9. The van der Waals surface area contributed by atoms with Crippen LogP contribution >= 0.6 is 0 Å². The summed E-state index contributed by atoms with van der Waals surface area (Å²) in [5.74, 6) is -5.21. The number of nitrogens with zero attached hydrogens (tertiary/aromatic N) is 4. The Bertz CT molecular complexity index is 1350. The number of anilines is 1. The summed E-state index contributed by atoms with van der Waals surface area (Å²) in [6, 6.07) is 16.8. The number of rotatable bonds is 5. The van der Waals surface area contributed by atoms with Crippen molar-refractivity contribution in [3.05, 3.63) is 84.8 Å². The highest BCUT2D eigenvalue weighted by Crippen LogP contribution is 2.39. The minimum atomic E-state index is -3.54. The maximum Gasteiger partial charge on any atom is 0.321 e. The zero-order valence-electron chi connectivity index (χ0n) is 18.2. The minimum Gasteiger partial charge on any atom is -0.345 e. The lowest BCUT2D eigenvalue weighted by Gasteiger charge is -2.29. The van der Waals surface area contributed by atoms with Crippen molar-refractivity contribution in [1.82, 2.24) is 20.1 Å². The van der Waals surface area contributed by atoms with Gasteiger partial charge in [0.1, 0.15) is 0 Å². The number of aromatic nitrogens is 3. The number of fused-ring (bicyclic) bond motifs is 1. The molecule has 4 aromatic rings. The van der Waals surface area contributed by atoms with Crippen LogP contribution in [0.1, 0.15) is 24.9 Å². The zero-order valence-corrected chi connectivity index (χ0v) is 18.2. The molecule has 1 fully saturated rings. The van der Waals surface area contributed by atoms with Crippen LogP contribution in [0, 0.1) is 0 Å². The van der Waals surface area contributed by atoms with Gasteiger partial charge < -0.3 is 10.2 Å². The molecule has 7 nitrogen and oxygen atoms in total. The van der Waals surface area contributed by atoms with Gasteiger partial charge in [0, 0.05) is 30.6 Å². The third-order valence-corrected chi connectivity index (χ3v) is 5.90. The van der Waals surface area contributed by atoms with Crippen LogP contribution in [0.5, 0.6) is 0 Å². The number of amides is 2. The van der Waals surface area contributed by atoms with E-state index in [9.17, 15) is 18.4 Å². The Kier molecular flexibility index (Phi) is 5.31. The largest absolute Gasteiger partial charge is 0.345 e. The van der Waals surface area contributed by atoms with Gasteiger partial charge in [-0.05, 0) is 35.9 Å². The van der Waals surface area contributed by atoms with Crippen LogP contribution in [-0.2, 0) is 9.59 Å². The predicted molar refractivity (Wildman–Crippen MR) is 123 cm³/mol. The first-order valence-electron chi connectivity index (χ1n) is 10.8. The van der Waals surface area contributed by atoms with Crippen LogP contribution in [0.25, 0.3) is 16.6 Å². The van der Waals surface area contributed by atoms with Gasteiger partial charge >= 0.3 is 5.92 Å². The molecule has 34 heavy (non-hydrogen) atoms. The molecule has 172 valence electrons. The maximum atomic E-state index is 13.6. The fourth-order valence-corrected chi connectivity index (χ4v) is 4.35. The van der Waals surface area contributed by atoms with Gasteiger partial charge in [-0.1, -0.05) is 30.3 Å². The first-order chi connectivity index (χ1) is 16.3. The van der Waals surface area contributed by atoms with Crippen LogP contribution in [0.15, 0.2) is 79.3 Å². The number of alkyl halides is 2. The smallest absolute Gasteiger partial charge is 0.321 e. The van der Waals surface area contributed by atoms with Crippen molar-refractivity contribution in [3.63, 3.8) is 0 Å². The molecule has 2 aromatic heterocycles. The quantitative estimate of drug-likeness (QED) is 0.487. The molecule has 3 heterocycles. The molecule has 0 bridgehead atoms. The highest BCUT2D eigenvalue weighted by molar-refractivity contribution is 6.00. The standard InChI is InChI=1S/C25H21F2N5O2/c1-25(26,27)24(34)30-20-13-22(33)31(23(20)16-6-3-2-4-7-16)18-9-10-21-17(12-18)14-29-32(21)19-8-5-11-28-15-19/h2-12,14-15,20,23H,13H2,1H3,(H,30,34)/t20-,23?/m0/s1. The summed E-state index contributed by atoms with van der Waals surface area (Å²) in [6.07, 6.45) is 4.99. The molecule has 9 heteroatoms. The van der Waals surface area contributed by atoms with Crippen LogP contribution in [-0.4, -0.2) is 38.5 Å². The highest BCUT2D eigenvalue weighted by Gasteiger charge is 2.45. The third kappa shape index (κ3) is 3.89. The van der Waals surface area contributed by atoms with Crippen molar-refractivity contribution in [1.29, 1.82) is 0 Å². The Morgan fingerprint density at radius 3 is 2.56 bits per heavy atom. The summed E-state index contributed by atoms with van der Waals surface area (Å²) >= 11 is 0. The SMILES string of the molecule is CC(F)(F)C(=O)N[C@H]1CC(=O)N(c2ccc3c(cnn3-c3cccnc3)c2)C1c1ccccc1. The Morgan fingerprint density at radius 1 is 1.06 bits per heavy atom. The van der Waals surface area contributed by atoms with Crippen molar-refractivity contribution in [2.24, 2.45) is 0 Å². The average molecular weight is 461 g/mol. The first kappa shape index (κ1) is 21.7. The van der Waals surface area contributed by atoms with E-state index in [0.29, 0.717) is 12.6 Å². The number of hydrogen-bond donors (Lipinski definition) is 1. The van der Waals surface area contributed by atoms with Crippen LogP contribution < -0.4 is 10.2 Å². The number of carbonyl (C=O) groups is 2. The Balaban J connectivity index is 1.54. The summed E-state index contributed by atoms with van der Waals surface area (Å²) in [7, 11) is 0. The lowest BCUT2D eigenvalue weighted by atomic mass is 9.99. The number of nitrogens with one attached hydrogen (secondary N) is 1. The lowest BCUT2D eigenvalue weighted by Crippen LogP contribution is -2.46. The summed E-state index contributed by atoms with van der Waals surface area (Å²) in [5.41, 5.74) is 2.96. The number of pyridine rings is 1. The van der Waals surface area contributed by atoms with Gasteiger partial charge in [-0.3, -0.25) is 14.6 Å². The van der Waals surface area contributed by atoms with E-state index in [1.807, 2.05) is 54.6 Å². The van der Waals surface area contributed by atoms with E-state index in [-0.39, 0.29) is 12.3 Å². The minimum absolute atomic E-state index is 0.0889. The number of carbonyl (C=O) groups excluding carboxylic acids is 2. The van der Waals surface area contributed by atoms with Crippen LogP contribution in [0.3, 0.4) is 0 Å². The molecule has 2 aromatic carbocycles. The summed E-state index contributed by atoms with van der Waals surface area (Å²) < 4.78 is 29.0. The van der Waals surface area contributed by atoms with Crippen molar-refractivity contribution in [2.45, 2.75) is 31.4 Å². The molecule has 5 rings (SSSR count). The number of halogens is 2. The second-order valence-corrected chi connectivity index (χ2v) is 8.30. The first-order valence-corrected chi connectivity index (χ1v) is 10.8. The third-order valence-electron chi connectivity index (χ3n) is 5.90. The number of benzene rings is 2. The van der Waals surface area contributed by atoms with E-state index in [4.69, 9.17) is 0 Å². The fraction of sp³-hybridized carbons (Fsp3) is 0.200. The second kappa shape index (κ2) is 8.33. The topological polar surface area (TPSA) is 80.1 Å². The Hall–Kier alpha value is -4.14. The monoisotopic (exact) mass is 461 g/mol. The molecule has 1 N–H and O–H groups in total. The van der Waals surface area contributed by atoms with Gasteiger partial charge in [-0.25, -0.2) is 4.68 Å². The molecule has 1 unspecified atom stereocenters. The van der Waals surface area contributed by atoms with E-state index >= 15 is 0 Å². The average Bonchev–Trinajstić information content (AvgIpc) is 3.39. The molecule has 1 aliphatic rings. The van der Waals surface area contributed by atoms with Gasteiger partial charge in [0.2, 0.25) is 5.91 Å². The number of hydrogen-bond acceptors (Lipinski definition) is 4. The highest BCUT2D eigenvalue weighted by atomic mass is 19.3. The molecular formula is C25H21F2N5O2. The van der Waals surface area contributed by atoms with Crippen molar-refractivity contribution in [2.75, 3.05) is 4.90 Å². The van der Waals surface area contributed by atoms with E-state index < -0.39 is 23.9 Å². The Labute approximate surface area is 194 Å². The molecular weight excluding hydrogens is 440 g/mol. The van der Waals surface area contributed by atoms with Crippen LogP contribution in [0.2, 0.25) is 0 Å². The molecule has 1 aliphatic heterocycles. The maximum absolute atomic E-state index is 13.6. The fourth-order valence-electron chi connectivity index (χ4n) is 4.35. The van der Waals surface area contributed by atoms with Crippen molar-refractivity contribution >= 4 is 28.4 Å². The second-order valence-electron chi connectivity index (χ2n) is 8.30. The molecule has 0 radical (unpaired) electrons. The van der Waals surface area contributed by atoms with Gasteiger partial charge in [0.25, 0.3) is 5.91 Å². The summed E-state index contributed by atoms with van der Waals surface area (Å²) in [4.78, 5) is 30.9. The Morgan fingerprint density at radius 2 is 1.85 bits per heavy atom. The molecule has 1 saturated heterocycles. The summed E-state index contributed by atoms with van der Waals surface area (Å²) in [5, 5.41) is 7.63. The lowest BCUT2D eigenvalue weighted by molar-refractivity contribution is -0.143. The summed E-state index contributed by atoms with van der Waals surface area (Å²) in [6.45, 7) is 0.544. The molecule has 0 aliphatic carbocycles. The van der Waals surface area contributed by atoms with E-state index in [1.165, 1.54) is 0 Å². The van der Waals surface area contributed by atoms with Gasteiger partial charge in [-0.2, -0.15) is 13.9 Å². The molecule has 2 atom stereocenters. The van der Waals surface area contributed by atoms with E-state index in [2.05, 4.69) is 15.4 Å². The molecule has 0 saturated carbocycles. The van der Waals surface area contributed by atoms with Gasteiger partial charge in [0.05, 0.1) is 35.7 Å². The normalized spacial score (nSPS) is 18.4. The molecule has 0 spiro atoms. The van der Waals surface area contributed by atoms with Gasteiger partial charge in [-0.15, -0.1) is 0 Å². The predicted octanol–water partition coefficient (Wildman–Crippen LogP) is 4.04. The van der Waals surface area contributed by atoms with E-state index in [1.54, 1.807) is 34.2 Å². The van der Waals surface area contributed by atoms with Crippen molar-refractivity contribution < 1.29 is 18.4 Å².